The highest BCUT2D eigenvalue weighted by atomic mass is 16.5. The molecule has 0 aromatic heterocycles. The van der Waals surface area contributed by atoms with E-state index in [-0.39, 0.29) is 5.91 Å². The Morgan fingerprint density at radius 2 is 1.95 bits per heavy atom. The van der Waals surface area contributed by atoms with Crippen LogP contribution in [0.25, 0.3) is 0 Å². The number of hydrogen-bond donors (Lipinski definition) is 2. The van der Waals surface area contributed by atoms with Gasteiger partial charge in [0.2, 0.25) is 5.91 Å². The smallest absolute Gasteiger partial charge is 0.239 e. The van der Waals surface area contributed by atoms with Crippen LogP contribution in [0, 0.1) is 0 Å². The maximum absolute atomic E-state index is 11.6. The number of carbonyl (C=O) groups is 1. The molecule has 0 heterocycles. The van der Waals surface area contributed by atoms with Crippen LogP contribution in [0.15, 0.2) is 24.3 Å². The van der Waals surface area contributed by atoms with Gasteiger partial charge in [-0.1, -0.05) is 25.5 Å². The van der Waals surface area contributed by atoms with E-state index >= 15 is 0 Å². The summed E-state index contributed by atoms with van der Waals surface area (Å²) in [4.78, 5) is 11.6. The van der Waals surface area contributed by atoms with Crippen molar-refractivity contribution in [3.63, 3.8) is 0 Å². The van der Waals surface area contributed by atoms with Crippen molar-refractivity contribution >= 4 is 5.91 Å². The third-order valence-electron chi connectivity index (χ3n) is 2.97. The molecule has 3 N–H and O–H groups in total. The molecule has 20 heavy (non-hydrogen) atoms. The average molecular weight is 278 g/mol. The van der Waals surface area contributed by atoms with Crippen LogP contribution < -0.4 is 15.8 Å². The van der Waals surface area contributed by atoms with Crippen LogP contribution in [0.2, 0.25) is 0 Å². The number of ether oxygens (including phenoxy) is 1. The van der Waals surface area contributed by atoms with Crippen LogP contribution in [0.4, 0.5) is 0 Å². The van der Waals surface area contributed by atoms with Crippen molar-refractivity contribution in [2.45, 2.75) is 45.6 Å². The molecule has 0 atom stereocenters. The zero-order valence-corrected chi connectivity index (χ0v) is 12.7. The highest BCUT2D eigenvalue weighted by Crippen LogP contribution is 2.13. The number of unbranched alkanes of at least 4 members (excludes halogenated alkanes) is 1. The zero-order valence-electron chi connectivity index (χ0n) is 12.7. The molecule has 0 saturated carbocycles. The highest BCUT2D eigenvalue weighted by Gasteiger charge is 2.20. The first-order chi connectivity index (χ1) is 9.43. The van der Waals surface area contributed by atoms with Crippen LogP contribution in [0.3, 0.4) is 0 Å². The normalized spacial score (nSPS) is 11.2. The van der Waals surface area contributed by atoms with Gasteiger partial charge in [0.25, 0.3) is 0 Å². The fourth-order valence-corrected chi connectivity index (χ4v) is 1.63. The van der Waals surface area contributed by atoms with Crippen LogP contribution in [-0.4, -0.2) is 24.6 Å². The van der Waals surface area contributed by atoms with E-state index in [1.165, 1.54) is 5.56 Å². The zero-order chi connectivity index (χ0) is 15.0. The molecule has 0 unspecified atom stereocenters. The van der Waals surface area contributed by atoms with Gasteiger partial charge in [-0.2, -0.15) is 0 Å². The van der Waals surface area contributed by atoms with Gasteiger partial charge in [0, 0.05) is 6.54 Å². The van der Waals surface area contributed by atoms with Gasteiger partial charge in [0.05, 0.1) is 12.1 Å². The second-order valence-corrected chi connectivity index (χ2v) is 5.57. The first-order valence-electron chi connectivity index (χ1n) is 7.22. The van der Waals surface area contributed by atoms with Gasteiger partial charge in [0.15, 0.2) is 0 Å². The summed E-state index contributed by atoms with van der Waals surface area (Å²) in [6, 6.07) is 8.00. The molecule has 0 aliphatic rings. The molecular formula is C16H26N2O2. The predicted octanol–water partition coefficient (Wildman–Crippen LogP) is 2.26. The fraction of sp³-hybridized carbons (Fsp3) is 0.562. The minimum atomic E-state index is -0.822. The topological polar surface area (TPSA) is 64.3 Å². The molecule has 1 amide bonds. The van der Waals surface area contributed by atoms with Crippen molar-refractivity contribution in [2.75, 3.05) is 13.2 Å². The van der Waals surface area contributed by atoms with E-state index < -0.39 is 5.54 Å². The van der Waals surface area contributed by atoms with E-state index in [9.17, 15) is 4.79 Å². The number of rotatable bonds is 8. The lowest BCUT2D eigenvalue weighted by atomic mass is 10.1. The standard InChI is InChI=1S/C16H26N2O2/c1-4-5-12-20-14-8-6-13(7-9-14)10-11-18-15(19)16(2,3)17/h6-9H,4-5,10-12,17H2,1-3H3,(H,18,19). The van der Waals surface area contributed by atoms with Crippen molar-refractivity contribution in [3.05, 3.63) is 29.8 Å². The average Bonchev–Trinajstić information content (AvgIpc) is 2.39. The number of nitrogens with one attached hydrogen (secondary N) is 1. The van der Waals surface area contributed by atoms with Crippen molar-refractivity contribution in [1.82, 2.24) is 5.32 Å². The Labute approximate surface area is 121 Å². The van der Waals surface area contributed by atoms with E-state index in [4.69, 9.17) is 10.5 Å². The summed E-state index contributed by atoms with van der Waals surface area (Å²) >= 11 is 0. The Hall–Kier alpha value is -1.55. The van der Waals surface area contributed by atoms with Gasteiger partial charge in [-0.05, 0) is 44.4 Å². The molecule has 0 aliphatic carbocycles. The fourth-order valence-electron chi connectivity index (χ4n) is 1.63. The lowest BCUT2D eigenvalue weighted by Crippen LogP contribution is -2.49. The minimum Gasteiger partial charge on any atom is -0.494 e. The summed E-state index contributed by atoms with van der Waals surface area (Å²) in [5.41, 5.74) is 6.05. The Balaban J connectivity index is 2.33. The largest absolute Gasteiger partial charge is 0.494 e. The van der Waals surface area contributed by atoms with Crippen molar-refractivity contribution in [3.8, 4) is 5.75 Å². The number of hydrogen-bond acceptors (Lipinski definition) is 3. The van der Waals surface area contributed by atoms with E-state index in [2.05, 4.69) is 12.2 Å². The van der Waals surface area contributed by atoms with Crippen molar-refractivity contribution in [1.29, 1.82) is 0 Å². The molecule has 0 spiro atoms. The van der Waals surface area contributed by atoms with E-state index in [0.29, 0.717) is 6.54 Å². The number of carbonyl (C=O) groups excluding carboxylic acids is 1. The molecule has 0 aliphatic heterocycles. The van der Waals surface area contributed by atoms with E-state index in [1.54, 1.807) is 13.8 Å². The third kappa shape index (κ3) is 6.06. The van der Waals surface area contributed by atoms with E-state index in [1.807, 2.05) is 24.3 Å². The maximum atomic E-state index is 11.6. The summed E-state index contributed by atoms with van der Waals surface area (Å²) < 4.78 is 5.60. The first kappa shape index (κ1) is 16.5. The lowest BCUT2D eigenvalue weighted by molar-refractivity contribution is -0.125. The Kier molecular flexibility index (Phi) is 6.52. The predicted molar refractivity (Wildman–Crippen MR) is 81.8 cm³/mol. The van der Waals surface area contributed by atoms with Crippen LogP contribution in [0.5, 0.6) is 5.75 Å². The van der Waals surface area contributed by atoms with Gasteiger partial charge >= 0.3 is 0 Å². The molecule has 1 aromatic carbocycles. The molecule has 4 nitrogen and oxygen atoms in total. The molecular weight excluding hydrogens is 252 g/mol. The van der Waals surface area contributed by atoms with Crippen LogP contribution in [-0.2, 0) is 11.2 Å². The Morgan fingerprint density at radius 1 is 1.30 bits per heavy atom. The van der Waals surface area contributed by atoms with Gasteiger partial charge in [0.1, 0.15) is 5.75 Å². The molecule has 1 aromatic rings. The van der Waals surface area contributed by atoms with E-state index in [0.717, 1.165) is 31.6 Å². The number of amides is 1. The SMILES string of the molecule is CCCCOc1ccc(CCNC(=O)C(C)(C)N)cc1. The molecule has 0 fully saturated rings. The second kappa shape index (κ2) is 7.90. The summed E-state index contributed by atoms with van der Waals surface area (Å²) in [7, 11) is 0. The lowest BCUT2D eigenvalue weighted by Gasteiger charge is -2.17. The summed E-state index contributed by atoms with van der Waals surface area (Å²) in [6.45, 7) is 6.89. The molecule has 0 saturated heterocycles. The van der Waals surface area contributed by atoms with Crippen LogP contribution >= 0.6 is 0 Å². The molecule has 0 radical (unpaired) electrons. The summed E-state index contributed by atoms with van der Waals surface area (Å²) in [5.74, 6) is 0.770. The number of nitrogens with two attached hydrogens (primary N) is 1. The monoisotopic (exact) mass is 278 g/mol. The molecule has 112 valence electrons. The molecule has 0 bridgehead atoms. The quantitative estimate of drug-likeness (QED) is 0.717. The van der Waals surface area contributed by atoms with Gasteiger partial charge in [-0.3, -0.25) is 4.79 Å². The van der Waals surface area contributed by atoms with Gasteiger partial charge < -0.3 is 15.8 Å². The molecule has 1 rings (SSSR count). The second-order valence-electron chi connectivity index (χ2n) is 5.57. The van der Waals surface area contributed by atoms with Crippen LogP contribution in [0.1, 0.15) is 39.2 Å². The number of benzene rings is 1. The van der Waals surface area contributed by atoms with Gasteiger partial charge in [-0.15, -0.1) is 0 Å². The van der Waals surface area contributed by atoms with Crippen molar-refractivity contribution < 1.29 is 9.53 Å². The maximum Gasteiger partial charge on any atom is 0.239 e. The third-order valence-corrected chi connectivity index (χ3v) is 2.97. The Bertz CT molecular complexity index is 407. The summed E-state index contributed by atoms with van der Waals surface area (Å²) in [6.07, 6.45) is 3.00. The first-order valence-corrected chi connectivity index (χ1v) is 7.22. The van der Waals surface area contributed by atoms with Crippen molar-refractivity contribution in [2.24, 2.45) is 5.73 Å². The summed E-state index contributed by atoms with van der Waals surface area (Å²) in [5, 5.41) is 2.83. The highest BCUT2D eigenvalue weighted by molar-refractivity contribution is 5.84. The minimum absolute atomic E-state index is 0.128. The molecule has 4 heteroatoms. The van der Waals surface area contributed by atoms with Gasteiger partial charge in [-0.25, -0.2) is 0 Å². The Morgan fingerprint density at radius 3 is 2.50 bits per heavy atom.